The van der Waals surface area contributed by atoms with E-state index in [9.17, 15) is 35.1 Å². The van der Waals surface area contributed by atoms with Crippen LogP contribution in [0.5, 0.6) is 0 Å². The Bertz CT molecular complexity index is 377. The third-order valence-electron chi connectivity index (χ3n) is 4.99. The molecule has 0 heterocycles. The molecule has 4 unspecified atom stereocenters. The lowest BCUT2D eigenvalue weighted by Gasteiger charge is -2.51. The molecule has 0 aromatic rings. The third-order valence-corrected chi connectivity index (χ3v) is 4.99. The van der Waals surface area contributed by atoms with Crippen LogP contribution in [0.25, 0.3) is 0 Å². The van der Waals surface area contributed by atoms with E-state index < -0.39 is 47.4 Å². The van der Waals surface area contributed by atoms with Gasteiger partial charge in [-0.1, -0.05) is 0 Å². The fraction of sp³-hybridized carbons (Fsp3) is 1.00. The second-order valence-corrected chi connectivity index (χ2v) is 5.78. The monoisotopic (exact) mass is 294 g/mol. The Morgan fingerprint density at radius 3 is 1.21 bits per heavy atom. The first-order chi connectivity index (χ1) is 8.46. The van der Waals surface area contributed by atoms with Crippen LogP contribution >= 0.6 is 0 Å². The summed E-state index contributed by atoms with van der Waals surface area (Å²) in [5.74, 6) is -29.0. The van der Waals surface area contributed by atoms with Crippen molar-refractivity contribution in [2.75, 3.05) is 0 Å². The second kappa shape index (κ2) is 3.19. The van der Waals surface area contributed by atoms with E-state index in [1.54, 1.807) is 0 Å². The molecule has 3 fully saturated rings. The topological polar surface area (TPSA) is 0 Å². The largest absolute Gasteiger partial charge is 0.378 e. The summed E-state index contributed by atoms with van der Waals surface area (Å²) in [4.78, 5) is 0. The molecule has 3 aliphatic rings. The first-order valence-electron chi connectivity index (χ1n) is 5.97. The molecule has 0 aliphatic heterocycles. The van der Waals surface area contributed by atoms with Gasteiger partial charge in [0.25, 0.3) is 0 Å². The van der Waals surface area contributed by atoms with Gasteiger partial charge in [-0.2, -0.15) is 35.1 Å². The van der Waals surface area contributed by atoms with Gasteiger partial charge in [0.05, 0.1) is 0 Å². The number of hydrogen-bond donors (Lipinski definition) is 0. The molecule has 0 spiro atoms. The smallest absolute Gasteiger partial charge is 0.199 e. The third kappa shape index (κ3) is 1.18. The molecule has 0 aromatic carbocycles. The molecule has 0 radical (unpaired) electrons. The highest BCUT2D eigenvalue weighted by molar-refractivity contribution is 5.20. The molecular formula is C11H10F8. The van der Waals surface area contributed by atoms with E-state index in [1.165, 1.54) is 0 Å². The van der Waals surface area contributed by atoms with Crippen molar-refractivity contribution >= 4 is 0 Å². The van der Waals surface area contributed by atoms with Crippen LogP contribution < -0.4 is 0 Å². The molecule has 2 bridgehead atoms. The first-order valence-corrected chi connectivity index (χ1v) is 5.97. The molecule has 0 amide bonds. The van der Waals surface area contributed by atoms with E-state index in [2.05, 4.69) is 0 Å². The van der Waals surface area contributed by atoms with E-state index in [0.29, 0.717) is 0 Å². The van der Waals surface area contributed by atoms with Gasteiger partial charge in [-0.3, -0.25) is 0 Å². The Hall–Kier alpha value is -0.560. The Labute approximate surface area is 103 Å². The van der Waals surface area contributed by atoms with Crippen LogP contribution in [0.2, 0.25) is 0 Å². The Kier molecular flexibility index (Phi) is 2.25. The van der Waals surface area contributed by atoms with E-state index in [0.717, 1.165) is 0 Å². The molecule has 0 saturated heterocycles. The molecular weight excluding hydrogens is 284 g/mol. The number of fused-ring (bicyclic) bond motifs is 5. The summed E-state index contributed by atoms with van der Waals surface area (Å²) >= 11 is 0. The van der Waals surface area contributed by atoms with Crippen LogP contribution in [0.15, 0.2) is 0 Å². The number of halogens is 8. The molecule has 110 valence electrons. The maximum atomic E-state index is 13.7. The summed E-state index contributed by atoms with van der Waals surface area (Å²) in [5, 5.41) is 0. The van der Waals surface area contributed by atoms with Gasteiger partial charge < -0.3 is 0 Å². The highest BCUT2D eigenvalue weighted by atomic mass is 19.4. The van der Waals surface area contributed by atoms with Crippen molar-refractivity contribution in [3.05, 3.63) is 0 Å². The van der Waals surface area contributed by atoms with E-state index in [1.807, 2.05) is 0 Å². The van der Waals surface area contributed by atoms with Crippen LogP contribution in [0, 0.1) is 23.7 Å². The second-order valence-electron chi connectivity index (χ2n) is 5.78. The zero-order valence-electron chi connectivity index (χ0n) is 9.45. The summed E-state index contributed by atoms with van der Waals surface area (Å²) in [5.41, 5.74) is 0. The van der Waals surface area contributed by atoms with Gasteiger partial charge in [0.15, 0.2) is 0 Å². The van der Waals surface area contributed by atoms with Gasteiger partial charge in [-0.15, -0.1) is 0 Å². The highest BCUT2D eigenvalue weighted by Gasteiger charge is 2.91. The zero-order chi connectivity index (χ0) is 14.4. The average molecular weight is 294 g/mol. The minimum absolute atomic E-state index is 0.0906. The Morgan fingerprint density at radius 1 is 0.579 bits per heavy atom. The zero-order valence-corrected chi connectivity index (χ0v) is 9.45. The average Bonchev–Trinajstić information content (AvgIpc) is 2.86. The molecule has 3 rings (SSSR count). The maximum Gasteiger partial charge on any atom is 0.378 e. The van der Waals surface area contributed by atoms with Gasteiger partial charge in [0.2, 0.25) is 0 Å². The summed E-state index contributed by atoms with van der Waals surface area (Å²) in [6.45, 7) is 0. The fourth-order valence-corrected chi connectivity index (χ4v) is 4.17. The molecule has 4 atom stereocenters. The molecule has 8 heteroatoms. The van der Waals surface area contributed by atoms with Crippen molar-refractivity contribution < 1.29 is 35.1 Å². The van der Waals surface area contributed by atoms with E-state index in [-0.39, 0.29) is 19.3 Å². The van der Waals surface area contributed by atoms with E-state index >= 15 is 0 Å². The maximum absolute atomic E-state index is 13.7. The summed E-state index contributed by atoms with van der Waals surface area (Å²) < 4.78 is 108. The minimum Gasteiger partial charge on any atom is -0.199 e. The van der Waals surface area contributed by atoms with Crippen LogP contribution in [0.4, 0.5) is 35.1 Å². The summed E-state index contributed by atoms with van der Waals surface area (Å²) in [6, 6.07) is 0. The highest BCUT2D eigenvalue weighted by Crippen LogP contribution is 2.72. The van der Waals surface area contributed by atoms with Crippen molar-refractivity contribution in [1.29, 1.82) is 0 Å². The predicted molar refractivity (Wildman–Crippen MR) is 47.6 cm³/mol. The number of hydrogen-bond acceptors (Lipinski definition) is 0. The van der Waals surface area contributed by atoms with Crippen molar-refractivity contribution in [3.8, 4) is 0 Å². The Balaban J connectivity index is 2.18. The molecule has 0 aromatic heterocycles. The first kappa shape index (κ1) is 13.4. The summed E-state index contributed by atoms with van der Waals surface area (Å²) in [6.07, 6.45) is 0.158. The van der Waals surface area contributed by atoms with Gasteiger partial charge in [0.1, 0.15) is 0 Å². The van der Waals surface area contributed by atoms with Crippen molar-refractivity contribution in [1.82, 2.24) is 0 Å². The quantitative estimate of drug-likeness (QED) is 0.587. The fourth-order valence-electron chi connectivity index (χ4n) is 4.17. The molecule has 0 nitrogen and oxygen atoms in total. The standard InChI is InChI=1S/C11H10F8/c12-8(13)6-4-1-2-5(3-4)7(6)9(14,15)11(18,19)10(8,16)17/h4-7H,1-3H2. The number of alkyl halides is 8. The molecule has 3 aliphatic carbocycles. The van der Waals surface area contributed by atoms with Gasteiger partial charge >= 0.3 is 23.7 Å². The molecule has 3 saturated carbocycles. The molecule has 19 heavy (non-hydrogen) atoms. The van der Waals surface area contributed by atoms with Crippen LogP contribution in [0.1, 0.15) is 19.3 Å². The van der Waals surface area contributed by atoms with Crippen LogP contribution in [-0.4, -0.2) is 23.7 Å². The predicted octanol–water partition coefficient (Wildman–Crippen LogP) is 4.20. The van der Waals surface area contributed by atoms with Crippen LogP contribution in [-0.2, 0) is 0 Å². The minimum atomic E-state index is -6.02. The van der Waals surface area contributed by atoms with Crippen molar-refractivity contribution in [3.63, 3.8) is 0 Å². The lowest BCUT2D eigenvalue weighted by molar-refractivity contribution is -0.428. The Morgan fingerprint density at radius 2 is 0.895 bits per heavy atom. The van der Waals surface area contributed by atoms with Gasteiger partial charge in [0, 0.05) is 11.8 Å². The molecule has 0 N–H and O–H groups in total. The van der Waals surface area contributed by atoms with Crippen LogP contribution in [0.3, 0.4) is 0 Å². The normalized spacial score (nSPS) is 48.0. The lowest BCUT2D eigenvalue weighted by Crippen LogP contribution is -2.73. The lowest BCUT2D eigenvalue weighted by atomic mass is 9.64. The van der Waals surface area contributed by atoms with Crippen molar-refractivity contribution in [2.24, 2.45) is 23.7 Å². The SMILES string of the molecule is FC1(F)C2C3CCC(C3)C2C(F)(F)C(F)(F)C1(F)F. The van der Waals surface area contributed by atoms with E-state index in [4.69, 9.17) is 0 Å². The van der Waals surface area contributed by atoms with Gasteiger partial charge in [-0.05, 0) is 31.1 Å². The summed E-state index contributed by atoms with van der Waals surface area (Å²) in [7, 11) is 0. The van der Waals surface area contributed by atoms with Crippen molar-refractivity contribution in [2.45, 2.75) is 43.0 Å². The van der Waals surface area contributed by atoms with Gasteiger partial charge in [-0.25, -0.2) is 0 Å². The number of rotatable bonds is 0.